The highest BCUT2D eigenvalue weighted by atomic mass is 35.5. The molecule has 0 aromatic heterocycles. The smallest absolute Gasteiger partial charge is 0.317 e. The topological polar surface area (TPSA) is 61.9 Å². The van der Waals surface area contributed by atoms with E-state index >= 15 is 0 Å². The molecule has 2 aromatic carbocycles. The van der Waals surface area contributed by atoms with Crippen LogP contribution < -0.4 is 10.1 Å². The Balaban J connectivity index is 1.41. The Hall–Kier alpha value is -2.73. The first kappa shape index (κ1) is 22.0. The molecule has 0 spiro atoms. The summed E-state index contributed by atoms with van der Waals surface area (Å²) < 4.78 is 5.63. The quantitative estimate of drug-likeness (QED) is 0.761. The van der Waals surface area contributed by atoms with E-state index in [0.29, 0.717) is 44.2 Å². The number of nitrogens with zero attached hydrogens (tertiary/aromatic N) is 2. The molecular formula is C23H28ClN3O3. The van der Waals surface area contributed by atoms with Gasteiger partial charge in [-0.25, -0.2) is 4.79 Å². The van der Waals surface area contributed by atoms with Crippen LogP contribution in [0.3, 0.4) is 0 Å². The van der Waals surface area contributed by atoms with Crippen molar-refractivity contribution in [2.75, 3.05) is 26.2 Å². The molecule has 30 heavy (non-hydrogen) atoms. The number of piperazine rings is 1. The third-order valence-corrected chi connectivity index (χ3v) is 5.18. The van der Waals surface area contributed by atoms with Gasteiger partial charge in [-0.15, -0.1) is 0 Å². The van der Waals surface area contributed by atoms with Gasteiger partial charge in [0.2, 0.25) is 5.91 Å². The normalized spacial score (nSPS) is 14.0. The number of rotatable bonds is 6. The number of amides is 3. The van der Waals surface area contributed by atoms with Crippen LogP contribution in [0, 0.1) is 0 Å². The molecule has 1 fully saturated rings. The molecule has 6 nitrogen and oxygen atoms in total. The Kier molecular flexibility index (Phi) is 7.57. The number of hydrogen-bond acceptors (Lipinski definition) is 3. The van der Waals surface area contributed by atoms with Crippen molar-refractivity contribution in [3.8, 4) is 5.75 Å². The van der Waals surface area contributed by atoms with Crippen LogP contribution in [0.4, 0.5) is 4.79 Å². The second-order valence-electron chi connectivity index (χ2n) is 7.64. The van der Waals surface area contributed by atoms with Gasteiger partial charge in [0.05, 0.1) is 12.5 Å². The van der Waals surface area contributed by atoms with E-state index in [-0.39, 0.29) is 18.0 Å². The van der Waals surface area contributed by atoms with Crippen molar-refractivity contribution in [1.82, 2.24) is 15.1 Å². The number of ether oxygens (including phenoxy) is 1. The van der Waals surface area contributed by atoms with Gasteiger partial charge < -0.3 is 19.9 Å². The van der Waals surface area contributed by atoms with Crippen molar-refractivity contribution in [3.05, 3.63) is 64.7 Å². The van der Waals surface area contributed by atoms with Gasteiger partial charge in [0.1, 0.15) is 5.75 Å². The SMILES string of the molecule is CC(C)Oc1ccc(CNC(=O)N2CCN(C(=O)Cc3ccc(Cl)cc3)CC2)cc1. The summed E-state index contributed by atoms with van der Waals surface area (Å²) in [4.78, 5) is 28.5. The highest BCUT2D eigenvalue weighted by Gasteiger charge is 2.24. The zero-order valence-corrected chi connectivity index (χ0v) is 18.2. The molecule has 1 N–H and O–H groups in total. The molecule has 0 saturated carbocycles. The highest BCUT2D eigenvalue weighted by molar-refractivity contribution is 6.30. The number of halogens is 1. The standard InChI is InChI=1S/C23H28ClN3O3/c1-17(2)30-21-9-5-19(6-10-21)16-25-23(29)27-13-11-26(12-14-27)22(28)15-18-3-7-20(24)8-4-18/h3-10,17H,11-16H2,1-2H3,(H,25,29). The summed E-state index contributed by atoms with van der Waals surface area (Å²) in [5, 5.41) is 3.61. The first-order valence-corrected chi connectivity index (χ1v) is 10.6. The third kappa shape index (κ3) is 6.39. The average molecular weight is 430 g/mol. The highest BCUT2D eigenvalue weighted by Crippen LogP contribution is 2.14. The van der Waals surface area contributed by atoms with Crippen LogP contribution in [0.25, 0.3) is 0 Å². The number of hydrogen-bond donors (Lipinski definition) is 1. The van der Waals surface area contributed by atoms with E-state index in [9.17, 15) is 9.59 Å². The van der Waals surface area contributed by atoms with Crippen molar-refractivity contribution in [3.63, 3.8) is 0 Å². The fourth-order valence-corrected chi connectivity index (χ4v) is 3.42. The number of nitrogens with one attached hydrogen (secondary N) is 1. The van der Waals surface area contributed by atoms with Crippen LogP contribution in [-0.4, -0.2) is 54.0 Å². The first-order valence-electron chi connectivity index (χ1n) is 10.2. The molecule has 0 unspecified atom stereocenters. The zero-order valence-electron chi connectivity index (χ0n) is 17.4. The van der Waals surface area contributed by atoms with Gasteiger partial charge in [0, 0.05) is 37.7 Å². The third-order valence-electron chi connectivity index (χ3n) is 4.93. The van der Waals surface area contributed by atoms with Gasteiger partial charge in [-0.1, -0.05) is 35.9 Å². The molecular weight excluding hydrogens is 402 g/mol. The molecule has 0 aliphatic carbocycles. The molecule has 3 rings (SSSR count). The summed E-state index contributed by atoms with van der Waals surface area (Å²) in [7, 11) is 0. The molecule has 0 atom stereocenters. The van der Waals surface area contributed by atoms with Crippen LogP contribution in [0.2, 0.25) is 5.02 Å². The maximum absolute atomic E-state index is 12.5. The lowest BCUT2D eigenvalue weighted by Gasteiger charge is -2.34. The fraction of sp³-hybridized carbons (Fsp3) is 0.391. The number of benzene rings is 2. The maximum Gasteiger partial charge on any atom is 0.317 e. The lowest BCUT2D eigenvalue weighted by Crippen LogP contribution is -2.53. The summed E-state index contributed by atoms with van der Waals surface area (Å²) in [6.07, 6.45) is 0.479. The van der Waals surface area contributed by atoms with Gasteiger partial charge in [-0.3, -0.25) is 4.79 Å². The number of carbonyl (C=O) groups is 2. The van der Waals surface area contributed by atoms with E-state index in [0.717, 1.165) is 16.9 Å². The molecule has 1 aliphatic heterocycles. The van der Waals surface area contributed by atoms with Gasteiger partial charge >= 0.3 is 6.03 Å². The van der Waals surface area contributed by atoms with Crippen molar-refractivity contribution in [2.24, 2.45) is 0 Å². The molecule has 1 saturated heterocycles. The van der Waals surface area contributed by atoms with E-state index < -0.39 is 0 Å². The predicted octanol–water partition coefficient (Wildman–Crippen LogP) is 3.72. The summed E-state index contributed by atoms with van der Waals surface area (Å²) in [6, 6.07) is 14.9. The van der Waals surface area contributed by atoms with E-state index in [1.54, 1.807) is 17.0 Å². The van der Waals surface area contributed by atoms with Gasteiger partial charge in [0.15, 0.2) is 0 Å². The lowest BCUT2D eigenvalue weighted by atomic mass is 10.1. The summed E-state index contributed by atoms with van der Waals surface area (Å²) in [5.74, 6) is 0.889. The molecule has 2 aromatic rings. The number of carbonyl (C=O) groups excluding carboxylic acids is 2. The van der Waals surface area contributed by atoms with Crippen molar-refractivity contribution in [1.29, 1.82) is 0 Å². The monoisotopic (exact) mass is 429 g/mol. The van der Waals surface area contributed by atoms with Gasteiger partial charge in [-0.2, -0.15) is 0 Å². The predicted molar refractivity (Wildman–Crippen MR) is 118 cm³/mol. The molecule has 1 heterocycles. The van der Waals surface area contributed by atoms with Crippen molar-refractivity contribution >= 4 is 23.5 Å². The minimum absolute atomic E-state index is 0.0705. The molecule has 1 aliphatic rings. The Morgan fingerprint density at radius 3 is 2.10 bits per heavy atom. The molecule has 0 bridgehead atoms. The zero-order chi connectivity index (χ0) is 21.5. The minimum atomic E-state index is -0.109. The second kappa shape index (κ2) is 10.3. The second-order valence-corrected chi connectivity index (χ2v) is 8.08. The first-order chi connectivity index (χ1) is 14.4. The van der Waals surface area contributed by atoms with Crippen LogP contribution in [0.5, 0.6) is 5.75 Å². The van der Waals surface area contributed by atoms with Crippen LogP contribution >= 0.6 is 11.6 Å². The molecule has 3 amide bonds. The van der Waals surface area contributed by atoms with E-state index in [1.165, 1.54) is 0 Å². The van der Waals surface area contributed by atoms with E-state index in [1.807, 2.05) is 55.1 Å². The van der Waals surface area contributed by atoms with E-state index in [2.05, 4.69) is 5.32 Å². The summed E-state index contributed by atoms with van der Waals surface area (Å²) in [5.41, 5.74) is 1.95. The van der Waals surface area contributed by atoms with Crippen molar-refractivity contribution < 1.29 is 14.3 Å². The summed E-state index contributed by atoms with van der Waals surface area (Å²) in [6.45, 7) is 6.57. The molecule has 160 valence electrons. The van der Waals surface area contributed by atoms with Gasteiger partial charge in [0.25, 0.3) is 0 Å². The van der Waals surface area contributed by atoms with Gasteiger partial charge in [-0.05, 0) is 49.2 Å². The van der Waals surface area contributed by atoms with Crippen LogP contribution in [-0.2, 0) is 17.8 Å². The average Bonchev–Trinajstić information content (AvgIpc) is 2.74. The van der Waals surface area contributed by atoms with Crippen molar-refractivity contribution in [2.45, 2.75) is 32.9 Å². The molecule has 0 radical (unpaired) electrons. The Morgan fingerprint density at radius 1 is 0.933 bits per heavy atom. The van der Waals surface area contributed by atoms with Crippen LogP contribution in [0.1, 0.15) is 25.0 Å². The molecule has 7 heteroatoms. The van der Waals surface area contributed by atoms with E-state index in [4.69, 9.17) is 16.3 Å². The largest absolute Gasteiger partial charge is 0.491 e. The Labute approximate surface area is 182 Å². The minimum Gasteiger partial charge on any atom is -0.491 e. The lowest BCUT2D eigenvalue weighted by molar-refractivity contribution is -0.131. The summed E-state index contributed by atoms with van der Waals surface area (Å²) >= 11 is 5.89. The Morgan fingerprint density at radius 2 is 1.50 bits per heavy atom. The Bertz CT molecular complexity index is 845. The number of urea groups is 1. The fourth-order valence-electron chi connectivity index (χ4n) is 3.30. The van der Waals surface area contributed by atoms with Crippen LogP contribution in [0.15, 0.2) is 48.5 Å². The maximum atomic E-state index is 12.5.